The molecule has 2 aliphatic rings. The molecule has 3 nitrogen and oxygen atoms in total. The van der Waals surface area contributed by atoms with E-state index >= 15 is 0 Å². The van der Waals surface area contributed by atoms with Crippen LogP contribution in [0.3, 0.4) is 0 Å². The molecule has 2 heterocycles. The van der Waals surface area contributed by atoms with Gasteiger partial charge in [0.05, 0.1) is 12.2 Å². The summed E-state index contributed by atoms with van der Waals surface area (Å²) in [5, 5.41) is 3.78. The fraction of sp³-hybridized carbons (Fsp3) is 1.00. The molecule has 3 heteroatoms. The number of hydrogen-bond donors (Lipinski definition) is 1. The Morgan fingerprint density at radius 3 is 2.55 bits per heavy atom. The van der Waals surface area contributed by atoms with Gasteiger partial charge in [-0.3, -0.25) is 4.90 Å². The van der Waals surface area contributed by atoms with Gasteiger partial charge in [0, 0.05) is 31.7 Å². The maximum Gasteiger partial charge on any atom is 0.0706 e. The van der Waals surface area contributed by atoms with Crippen LogP contribution in [0.2, 0.25) is 0 Å². The van der Waals surface area contributed by atoms with Gasteiger partial charge in [-0.15, -0.1) is 0 Å². The Hall–Kier alpha value is -0.120. The van der Waals surface area contributed by atoms with E-state index in [0.29, 0.717) is 29.7 Å². The lowest BCUT2D eigenvalue weighted by Crippen LogP contribution is -2.61. The first kappa shape index (κ1) is 16.3. The molecule has 0 bridgehead atoms. The zero-order chi connectivity index (χ0) is 14.8. The summed E-state index contributed by atoms with van der Waals surface area (Å²) in [6, 6.07) is 1.28. The molecule has 0 aromatic rings. The topological polar surface area (TPSA) is 24.5 Å². The molecule has 0 radical (unpaired) electrons. The normalized spacial score (nSPS) is 36.5. The number of piperazine rings is 1. The SMILES string of the molecule is CCCC1CNC(C(C)(C)C)CN1CC1CCC(C)O1. The third-order valence-corrected chi connectivity index (χ3v) is 4.96. The highest BCUT2D eigenvalue weighted by atomic mass is 16.5. The van der Waals surface area contributed by atoms with Gasteiger partial charge in [-0.2, -0.15) is 0 Å². The second kappa shape index (κ2) is 6.76. The third kappa shape index (κ3) is 4.19. The molecular weight excluding hydrogens is 248 g/mol. The van der Waals surface area contributed by atoms with Crippen molar-refractivity contribution in [3.05, 3.63) is 0 Å². The van der Waals surface area contributed by atoms with E-state index in [1.165, 1.54) is 32.2 Å². The molecule has 0 spiro atoms. The first-order valence-corrected chi connectivity index (χ1v) is 8.53. The quantitative estimate of drug-likeness (QED) is 0.858. The minimum Gasteiger partial charge on any atom is -0.374 e. The highest BCUT2D eigenvalue weighted by Crippen LogP contribution is 2.27. The van der Waals surface area contributed by atoms with Crippen LogP contribution in [0.15, 0.2) is 0 Å². The summed E-state index contributed by atoms with van der Waals surface area (Å²) in [6.07, 6.45) is 5.97. The Morgan fingerprint density at radius 1 is 1.25 bits per heavy atom. The Bertz CT molecular complexity index is 300. The highest BCUT2D eigenvalue weighted by molar-refractivity contribution is 4.93. The van der Waals surface area contributed by atoms with Crippen LogP contribution in [0.4, 0.5) is 0 Å². The smallest absolute Gasteiger partial charge is 0.0706 e. The minimum absolute atomic E-state index is 0.333. The van der Waals surface area contributed by atoms with E-state index < -0.39 is 0 Å². The molecule has 2 fully saturated rings. The van der Waals surface area contributed by atoms with E-state index in [-0.39, 0.29) is 0 Å². The van der Waals surface area contributed by atoms with Crippen LogP contribution in [-0.2, 0) is 4.74 Å². The highest BCUT2D eigenvalue weighted by Gasteiger charge is 2.35. The van der Waals surface area contributed by atoms with Crippen LogP contribution in [-0.4, -0.2) is 48.8 Å². The molecule has 0 aromatic heterocycles. The largest absolute Gasteiger partial charge is 0.374 e. The summed E-state index contributed by atoms with van der Waals surface area (Å²) < 4.78 is 6.05. The molecule has 1 N–H and O–H groups in total. The molecule has 0 aliphatic carbocycles. The Balaban J connectivity index is 1.95. The average Bonchev–Trinajstić information content (AvgIpc) is 2.76. The summed E-state index contributed by atoms with van der Waals surface area (Å²) in [7, 11) is 0. The van der Waals surface area contributed by atoms with E-state index in [9.17, 15) is 0 Å². The summed E-state index contributed by atoms with van der Waals surface area (Å²) in [5.41, 5.74) is 0.333. The standard InChI is InChI=1S/C17H34N2O/c1-6-7-14-10-18-16(17(3,4)5)12-19(14)11-15-9-8-13(2)20-15/h13-16,18H,6-12H2,1-5H3. The molecule has 20 heavy (non-hydrogen) atoms. The molecule has 2 saturated heterocycles. The fourth-order valence-corrected chi connectivity index (χ4v) is 3.56. The second-order valence-electron chi connectivity index (χ2n) is 7.87. The lowest BCUT2D eigenvalue weighted by Gasteiger charge is -2.45. The lowest BCUT2D eigenvalue weighted by molar-refractivity contribution is 0.000579. The van der Waals surface area contributed by atoms with Gasteiger partial charge in [-0.1, -0.05) is 34.1 Å². The van der Waals surface area contributed by atoms with Crippen LogP contribution in [0, 0.1) is 5.41 Å². The van der Waals surface area contributed by atoms with Crippen molar-refractivity contribution in [2.24, 2.45) is 5.41 Å². The number of rotatable bonds is 4. The van der Waals surface area contributed by atoms with Crippen LogP contribution in [0.25, 0.3) is 0 Å². The summed E-state index contributed by atoms with van der Waals surface area (Å²) in [6.45, 7) is 15.0. The Morgan fingerprint density at radius 2 is 2.00 bits per heavy atom. The molecule has 4 unspecified atom stereocenters. The predicted octanol–water partition coefficient (Wildman–Crippen LogP) is 3.04. The van der Waals surface area contributed by atoms with Crippen LogP contribution >= 0.6 is 0 Å². The van der Waals surface area contributed by atoms with Crippen LogP contribution in [0.5, 0.6) is 0 Å². The average molecular weight is 282 g/mol. The summed E-state index contributed by atoms with van der Waals surface area (Å²) in [5.74, 6) is 0. The molecule has 4 atom stereocenters. The van der Waals surface area contributed by atoms with E-state index in [0.717, 1.165) is 13.1 Å². The van der Waals surface area contributed by atoms with Gasteiger partial charge in [-0.05, 0) is 31.6 Å². The van der Waals surface area contributed by atoms with E-state index in [1.54, 1.807) is 0 Å². The van der Waals surface area contributed by atoms with Gasteiger partial charge in [0.2, 0.25) is 0 Å². The first-order valence-electron chi connectivity index (χ1n) is 8.53. The molecule has 0 saturated carbocycles. The van der Waals surface area contributed by atoms with Gasteiger partial charge in [-0.25, -0.2) is 0 Å². The maximum absolute atomic E-state index is 6.05. The zero-order valence-electron chi connectivity index (χ0n) is 14.1. The number of hydrogen-bond acceptors (Lipinski definition) is 3. The van der Waals surface area contributed by atoms with E-state index in [4.69, 9.17) is 4.74 Å². The van der Waals surface area contributed by atoms with E-state index in [1.807, 2.05) is 0 Å². The number of nitrogens with one attached hydrogen (secondary N) is 1. The monoisotopic (exact) mass is 282 g/mol. The van der Waals surface area contributed by atoms with Crippen molar-refractivity contribution in [2.45, 2.75) is 84.6 Å². The molecular formula is C17H34N2O. The van der Waals surface area contributed by atoms with Crippen LogP contribution in [0.1, 0.15) is 60.3 Å². The van der Waals surface area contributed by atoms with Gasteiger partial charge in [0.25, 0.3) is 0 Å². The molecule has 118 valence electrons. The first-order chi connectivity index (χ1) is 9.40. The Kier molecular flexibility index (Phi) is 5.49. The fourth-order valence-electron chi connectivity index (χ4n) is 3.56. The summed E-state index contributed by atoms with van der Waals surface area (Å²) >= 11 is 0. The second-order valence-corrected chi connectivity index (χ2v) is 7.87. The Labute approximate surface area is 125 Å². The van der Waals surface area contributed by atoms with Crippen molar-refractivity contribution >= 4 is 0 Å². The third-order valence-electron chi connectivity index (χ3n) is 4.96. The van der Waals surface area contributed by atoms with Gasteiger partial charge >= 0.3 is 0 Å². The lowest BCUT2D eigenvalue weighted by atomic mass is 9.84. The number of nitrogens with zero attached hydrogens (tertiary/aromatic N) is 1. The van der Waals surface area contributed by atoms with Gasteiger partial charge in [0.1, 0.15) is 0 Å². The van der Waals surface area contributed by atoms with Gasteiger partial charge < -0.3 is 10.1 Å². The van der Waals surface area contributed by atoms with Gasteiger partial charge in [0.15, 0.2) is 0 Å². The minimum atomic E-state index is 0.333. The molecule has 2 aliphatic heterocycles. The molecule has 0 amide bonds. The van der Waals surface area contributed by atoms with E-state index in [2.05, 4.69) is 44.8 Å². The zero-order valence-corrected chi connectivity index (χ0v) is 14.1. The van der Waals surface area contributed by atoms with Crippen molar-refractivity contribution in [1.82, 2.24) is 10.2 Å². The van der Waals surface area contributed by atoms with Crippen LogP contribution < -0.4 is 5.32 Å². The van der Waals surface area contributed by atoms with Crippen molar-refractivity contribution in [2.75, 3.05) is 19.6 Å². The number of ether oxygens (including phenoxy) is 1. The van der Waals surface area contributed by atoms with Crippen molar-refractivity contribution in [3.63, 3.8) is 0 Å². The van der Waals surface area contributed by atoms with Crippen molar-refractivity contribution in [3.8, 4) is 0 Å². The molecule has 0 aromatic carbocycles. The maximum atomic E-state index is 6.05. The molecule has 2 rings (SSSR count). The predicted molar refractivity (Wildman–Crippen MR) is 85.1 cm³/mol. The summed E-state index contributed by atoms with van der Waals surface area (Å²) in [4.78, 5) is 2.71. The van der Waals surface area contributed by atoms with Crippen molar-refractivity contribution in [1.29, 1.82) is 0 Å². The van der Waals surface area contributed by atoms with Crippen molar-refractivity contribution < 1.29 is 4.74 Å².